The van der Waals surface area contributed by atoms with E-state index >= 15 is 0 Å². The van der Waals surface area contributed by atoms with Crippen molar-refractivity contribution in [2.45, 2.75) is 13.1 Å². The van der Waals surface area contributed by atoms with Crippen LogP contribution in [-0.4, -0.2) is 22.1 Å². The lowest BCUT2D eigenvalue weighted by Crippen LogP contribution is -2.34. The van der Waals surface area contributed by atoms with Crippen molar-refractivity contribution >= 4 is 38.9 Å². The molecule has 138 valence electrons. The first-order valence-electron chi connectivity index (χ1n) is 8.48. The molecule has 0 spiro atoms. The van der Waals surface area contributed by atoms with Crippen LogP contribution >= 0.6 is 28.1 Å². The quantitative estimate of drug-likeness (QED) is 0.528. The number of anilines is 1. The van der Waals surface area contributed by atoms with Crippen molar-refractivity contribution in [2.75, 3.05) is 12.4 Å². The first kappa shape index (κ1) is 19.3. The fourth-order valence-corrected chi connectivity index (χ4v) is 3.20. The molecule has 6 heteroatoms. The van der Waals surface area contributed by atoms with Crippen LogP contribution in [0.4, 0.5) is 5.69 Å². The molecule has 1 aromatic heterocycles. The molecule has 0 unspecified atom stereocenters. The normalized spacial score (nSPS) is 10.3. The number of pyridine rings is 1. The van der Waals surface area contributed by atoms with Crippen molar-refractivity contribution in [2.24, 2.45) is 0 Å². The second kappa shape index (κ2) is 9.48. The molecule has 27 heavy (non-hydrogen) atoms. The van der Waals surface area contributed by atoms with E-state index in [9.17, 15) is 0 Å². The van der Waals surface area contributed by atoms with Gasteiger partial charge in [0, 0.05) is 41.2 Å². The minimum absolute atomic E-state index is 0.626. The van der Waals surface area contributed by atoms with E-state index in [1.54, 1.807) is 13.3 Å². The molecule has 0 saturated carbocycles. The molecule has 0 aliphatic heterocycles. The number of rotatable bonds is 6. The molecule has 0 aliphatic rings. The maximum absolute atomic E-state index is 5.71. The van der Waals surface area contributed by atoms with E-state index < -0.39 is 0 Å². The summed E-state index contributed by atoms with van der Waals surface area (Å²) in [6, 6.07) is 19.9. The van der Waals surface area contributed by atoms with Crippen molar-refractivity contribution < 1.29 is 4.74 Å². The van der Waals surface area contributed by atoms with Crippen molar-refractivity contribution in [3.63, 3.8) is 0 Å². The van der Waals surface area contributed by atoms with Crippen LogP contribution in [0.2, 0.25) is 0 Å². The van der Waals surface area contributed by atoms with E-state index in [2.05, 4.69) is 37.2 Å². The summed E-state index contributed by atoms with van der Waals surface area (Å²) in [5, 5.41) is 3.97. The van der Waals surface area contributed by atoms with Crippen LogP contribution < -0.4 is 10.1 Å². The number of aromatic nitrogens is 1. The molecule has 2 aromatic carbocycles. The number of nitrogens with zero attached hydrogens (tertiary/aromatic N) is 2. The van der Waals surface area contributed by atoms with Gasteiger partial charge in [0.2, 0.25) is 0 Å². The topological polar surface area (TPSA) is 37.4 Å². The van der Waals surface area contributed by atoms with Gasteiger partial charge in [-0.25, -0.2) is 0 Å². The Balaban J connectivity index is 1.82. The van der Waals surface area contributed by atoms with E-state index in [4.69, 9.17) is 17.0 Å². The molecule has 3 aromatic rings. The lowest BCUT2D eigenvalue weighted by molar-refractivity contribution is 0.378. The largest absolute Gasteiger partial charge is 0.496 e. The Morgan fingerprint density at radius 2 is 1.85 bits per heavy atom. The third-order valence-corrected chi connectivity index (χ3v) is 4.92. The van der Waals surface area contributed by atoms with Gasteiger partial charge in [-0.3, -0.25) is 4.98 Å². The van der Waals surface area contributed by atoms with Gasteiger partial charge in [0.05, 0.1) is 7.11 Å². The summed E-state index contributed by atoms with van der Waals surface area (Å²) in [4.78, 5) is 6.31. The van der Waals surface area contributed by atoms with Crippen LogP contribution in [0.3, 0.4) is 0 Å². The molecular formula is C21H20BrN3OS. The zero-order valence-corrected chi connectivity index (χ0v) is 17.3. The number of hydrogen-bond donors (Lipinski definition) is 1. The second-order valence-corrected chi connectivity index (χ2v) is 7.27. The highest BCUT2D eigenvalue weighted by Crippen LogP contribution is 2.21. The van der Waals surface area contributed by atoms with Gasteiger partial charge in [-0.1, -0.05) is 40.2 Å². The maximum atomic E-state index is 5.71. The molecule has 0 bridgehead atoms. The number of thiocarbonyl (C=S) groups is 1. The van der Waals surface area contributed by atoms with Crippen LogP contribution in [0.1, 0.15) is 11.1 Å². The van der Waals surface area contributed by atoms with Crippen molar-refractivity contribution in [1.29, 1.82) is 0 Å². The second-order valence-electron chi connectivity index (χ2n) is 5.97. The van der Waals surface area contributed by atoms with Crippen LogP contribution in [0.15, 0.2) is 77.5 Å². The van der Waals surface area contributed by atoms with E-state index in [1.165, 1.54) is 0 Å². The number of hydrogen-bond acceptors (Lipinski definition) is 3. The molecule has 4 nitrogen and oxygen atoms in total. The lowest BCUT2D eigenvalue weighted by Gasteiger charge is -2.27. The molecule has 0 atom stereocenters. The van der Waals surface area contributed by atoms with Gasteiger partial charge in [-0.05, 0) is 54.2 Å². The third-order valence-electron chi connectivity index (χ3n) is 4.03. The highest BCUT2D eigenvalue weighted by molar-refractivity contribution is 9.10. The first-order valence-corrected chi connectivity index (χ1v) is 9.68. The Labute approximate surface area is 173 Å². The zero-order valence-electron chi connectivity index (χ0n) is 14.9. The highest BCUT2D eigenvalue weighted by Gasteiger charge is 2.14. The number of ether oxygens (including phenoxy) is 1. The summed E-state index contributed by atoms with van der Waals surface area (Å²) in [6.07, 6.45) is 3.63. The van der Waals surface area contributed by atoms with Crippen molar-refractivity contribution in [3.8, 4) is 5.75 Å². The number of para-hydroxylation sites is 1. The minimum Gasteiger partial charge on any atom is -0.496 e. The van der Waals surface area contributed by atoms with Gasteiger partial charge in [0.1, 0.15) is 5.75 Å². The SMILES string of the molecule is COc1ccccc1CN(Cc1cccnc1)C(=S)Nc1ccc(Br)cc1. The highest BCUT2D eigenvalue weighted by atomic mass is 79.9. The molecule has 0 fully saturated rings. The van der Waals surface area contributed by atoms with Gasteiger partial charge >= 0.3 is 0 Å². The van der Waals surface area contributed by atoms with E-state index in [-0.39, 0.29) is 0 Å². The molecular weight excluding hydrogens is 422 g/mol. The summed E-state index contributed by atoms with van der Waals surface area (Å²) in [6.45, 7) is 1.27. The third kappa shape index (κ3) is 5.52. The molecule has 0 saturated heterocycles. The number of methoxy groups -OCH3 is 1. The standard InChI is InChI=1S/C21H20BrN3OS/c1-26-20-7-3-2-6-17(20)15-25(14-16-5-4-12-23-13-16)21(27)24-19-10-8-18(22)9-11-19/h2-13H,14-15H2,1H3,(H,24,27). The number of benzene rings is 2. The summed E-state index contributed by atoms with van der Waals surface area (Å²) in [5.41, 5.74) is 3.11. The summed E-state index contributed by atoms with van der Waals surface area (Å²) < 4.78 is 6.53. The zero-order chi connectivity index (χ0) is 19.1. The average Bonchev–Trinajstić information content (AvgIpc) is 2.70. The fourth-order valence-electron chi connectivity index (χ4n) is 2.69. The van der Waals surface area contributed by atoms with Gasteiger partial charge in [-0.15, -0.1) is 0 Å². The fraction of sp³-hybridized carbons (Fsp3) is 0.143. The van der Waals surface area contributed by atoms with E-state index in [0.29, 0.717) is 18.2 Å². The van der Waals surface area contributed by atoms with Crippen LogP contribution in [0, 0.1) is 0 Å². The molecule has 0 amide bonds. The summed E-state index contributed by atoms with van der Waals surface area (Å²) >= 11 is 9.16. The summed E-state index contributed by atoms with van der Waals surface area (Å²) in [5.74, 6) is 0.847. The smallest absolute Gasteiger partial charge is 0.174 e. The van der Waals surface area contributed by atoms with Crippen LogP contribution in [-0.2, 0) is 13.1 Å². The molecule has 0 aliphatic carbocycles. The lowest BCUT2D eigenvalue weighted by atomic mass is 10.1. The van der Waals surface area contributed by atoms with E-state index in [1.807, 2.05) is 60.8 Å². The molecule has 1 N–H and O–H groups in total. The predicted molar refractivity (Wildman–Crippen MR) is 117 cm³/mol. The minimum atomic E-state index is 0.626. The Hall–Kier alpha value is -2.44. The molecule has 3 rings (SSSR count). The first-order chi connectivity index (χ1) is 13.2. The number of halogens is 1. The Morgan fingerprint density at radius 1 is 1.07 bits per heavy atom. The maximum Gasteiger partial charge on any atom is 0.174 e. The van der Waals surface area contributed by atoms with Crippen molar-refractivity contribution in [1.82, 2.24) is 9.88 Å². The Bertz CT molecular complexity index is 887. The van der Waals surface area contributed by atoms with Gasteiger partial charge < -0.3 is 15.0 Å². The monoisotopic (exact) mass is 441 g/mol. The van der Waals surface area contributed by atoms with Crippen LogP contribution in [0.25, 0.3) is 0 Å². The van der Waals surface area contributed by atoms with Gasteiger partial charge in [-0.2, -0.15) is 0 Å². The van der Waals surface area contributed by atoms with Gasteiger partial charge in [0.25, 0.3) is 0 Å². The Morgan fingerprint density at radius 3 is 2.56 bits per heavy atom. The van der Waals surface area contributed by atoms with Gasteiger partial charge in [0.15, 0.2) is 5.11 Å². The Kier molecular flexibility index (Phi) is 6.79. The average molecular weight is 442 g/mol. The summed E-state index contributed by atoms with van der Waals surface area (Å²) in [7, 11) is 1.68. The van der Waals surface area contributed by atoms with E-state index in [0.717, 1.165) is 27.0 Å². The molecule has 0 radical (unpaired) electrons. The predicted octanol–water partition coefficient (Wildman–Crippen LogP) is 5.25. The van der Waals surface area contributed by atoms with Crippen molar-refractivity contribution in [3.05, 3.63) is 88.7 Å². The molecule has 1 heterocycles. The van der Waals surface area contributed by atoms with Crippen LogP contribution in [0.5, 0.6) is 5.75 Å². The number of nitrogens with one attached hydrogen (secondary N) is 1.